The van der Waals surface area contributed by atoms with Crippen molar-refractivity contribution in [2.24, 2.45) is 5.73 Å². The van der Waals surface area contributed by atoms with Gasteiger partial charge in [0.25, 0.3) is 0 Å². The monoisotopic (exact) mass is 266 g/mol. The van der Waals surface area contributed by atoms with E-state index in [0.29, 0.717) is 25.7 Å². The topological polar surface area (TPSA) is 38.5 Å². The maximum absolute atomic E-state index is 14.1. The fourth-order valence-corrected chi connectivity index (χ4v) is 2.65. The zero-order chi connectivity index (χ0) is 13.8. The number of halogens is 1. The van der Waals surface area contributed by atoms with Crippen LogP contribution in [0.3, 0.4) is 0 Å². The van der Waals surface area contributed by atoms with Crippen LogP contribution in [0, 0.1) is 5.82 Å². The molecule has 2 N–H and O–H groups in total. The molecule has 2 atom stereocenters. The van der Waals surface area contributed by atoms with Gasteiger partial charge in [0, 0.05) is 23.8 Å². The Hall–Kier alpha value is -1.13. The van der Waals surface area contributed by atoms with Gasteiger partial charge in [0.05, 0.1) is 19.3 Å². The van der Waals surface area contributed by atoms with Crippen LogP contribution in [-0.4, -0.2) is 31.8 Å². The van der Waals surface area contributed by atoms with E-state index in [-0.39, 0.29) is 11.9 Å². The Kier molecular flexibility index (Phi) is 4.77. The number of morpholine rings is 1. The molecule has 0 saturated carbocycles. The second-order valence-electron chi connectivity index (χ2n) is 5.25. The first-order valence-corrected chi connectivity index (χ1v) is 7.00. The summed E-state index contributed by atoms with van der Waals surface area (Å²) in [5.74, 6) is -0.156. The Morgan fingerprint density at radius 3 is 3.00 bits per heavy atom. The number of hydrogen-bond acceptors (Lipinski definition) is 3. The number of nitrogens with zero attached hydrogens (tertiary/aromatic N) is 1. The molecule has 1 saturated heterocycles. The van der Waals surface area contributed by atoms with Gasteiger partial charge in [-0.05, 0) is 31.9 Å². The average Bonchev–Trinajstić information content (AvgIpc) is 2.40. The fraction of sp³-hybridized carbons (Fsp3) is 0.600. The lowest BCUT2D eigenvalue weighted by atomic mass is 10.0. The molecule has 1 aliphatic rings. The predicted molar refractivity (Wildman–Crippen MR) is 76.0 cm³/mol. The fourth-order valence-electron chi connectivity index (χ4n) is 2.65. The summed E-state index contributed by atoms with van der Waals surface area (Å²) in [7, 11) is 0. The van der Waals surface area contributed by atoms with Crippen LogP contribution in [0.5, 0.6) is 0 Å². The van der Waals surface area contributed by atoms with Crippen molar-refractivity contribution in [2.75, 3.05) is 24.7 Å². The van der Waals surface area contributed by atoms with Crippen LogP contribution in [0.2, 0.25) is 0 Å². The van der Waals surface area contributed by atoms with Crippen molar-refractivity contribution >= 4 is 5.69 Å². The smallest absolute Gasteiger partial charge is 0.128 e. The molecule has 1 aliphatic heterocycles. The first-order valence-electron chi connectivity index (χ1n) is 7.00. The van der Waals surface area contributed by atoms with Gasteiger partial charge < -0.3 is 15.4 Å². The van der Waals surface area contributed by atoms with E-state index in [1.807, 2.05) is 13.0 Å². The van der Waals surface area contributed by atoms with Crippen molar-refractivity contribution in [1.82, 2.24) is 0 Å². The molecule has 1 aromatic rings. The summed E-state index contributed by atoms with van der Waals surface area (Å²) < 4.78 is 19.6. The Balaban J connectivity index is 2.34. The van der Waals surface area contributed by atoms with Crippen LogP contribution in [-0.2, 0) is 11.2 Å². The molecule has 2 unspecified atom stereocenters. The molecule has 2 rings (SSSR count). The van der Waals surface area contributed by atoms with Gasteiger partial charge in [-0.1, -0.05) is 13.0 Å². The minimum atomic E-state index is -0.156. The van der Waals surface area contributed by atoms with Crippen molar-refractivity contribution in [2.45, 2.75) is 38.8 Å². The lowest BCUT2D eigenvalue weighted by Gasteiger charge is -2.38. The SMILES string of the molecule is CCC1COCCN1c1cccc(F)c1CC(C)N. The largest absolute Gasteiger partial charge is 0.377 e. The molecule has 0 aliphatic carbocycles. The van der Waals surface area contributed by atoms with E-state index < -0.39 is 0 Å². The number of ether oxygens (including phenoxy) is 1. The summed E-state index contributed by atoms with van der Waals surface area (Å²) in [6, 6.07) is 5.56. The third-order valence-corrected chi connectivity index (χ3v) is 3.63. The highest BCUT2D eigenvalue weighted by Crippen LogP contribution is 2.28. The van der Waals surface area contributed by atoms with Gasteiger partial charge in [0.1, 0.15) is 5.82 Å². The first-order chi connectivity index (χ1) is 9.13. The lowest BCUT2D eigenvalue weighted by molar-refractivity contribution is 0.0928. The third kappa shape index (κ3) is 3.25. The minimum absolute atomic E-state index is 0.0447. The van der Waals surface area contributed by atoms with Gasteiger partial charge in [-0.15, -0.1) is 0 Å². The Morgan fingerprint density at radius 2 is 2.32 bits per heavy atom. The average molecular weight is 266 g/mol. The van der Waals surface area contributed by atoms with E-state index in [1.54, 1.807) is 6.07 Å². The van der Waals surface area contributed by atoms with E-state index in [4.69, 9.17) is 10.5 Å². The highest BCUT2D eigenvalue weighted by Gasteiger charge is 2.24. The Bertz CT molecular complexity index is 423. The number of anilines is 1. The van der Waals surface area contributed by atoms with Crippen molar-refractivity contribution in [1.29, 1.82) is 0 Å². The molecule has 19 heavy (non-hydrogen) atoms. The second kappa shape index (κ2) is 6.35. The molecule has 1 heterocycles. The second-order valence-corrected chi connectivity index (χ2v) is 5.25. The van der Waals surface area contributed by atoms with Crippen LogP contribution in [0.4, 0.5) is 10.1 Å². The molecule has 0 spiro atoms. The molecular formula is C15H23FN2O. The maximum Gasteiger partial charge on any atom is 0.128 e. The molecule has 0 amide bonds. The quantitative estimate of drug-likeness (QED) is 0.909. The standard InChI is InChI=1S/C15H23FN2O/c1-3-12-10-19-8-7-18(12)15-6-4-5-14(16)13(15)9-11(2)17/h4-6,11-12H,3,7-10,17H2,1-2H3. The van der Waals surface area contributed by atoms with Gasteiger partial charge in [-0.3, -0.25) is 0 Å². The minimum Gasteiger partial charge on any atom is -0.377 e. The van der Waals surface area contributed by atoms with Gasteiger partial charge in [0.15, 0.2) is 0 Å². The van der Waals surface area contributed by atoms with Gasteiger partial charge >= 0.3 is 0 Å². The van der Waals surface area contributed by atoms with Gasteiger partial charge in [-0.2, -0.15) is 0 Å². The zero-order valence-corrected chi connectivity index (χ0v) is 11.7. The molecular weight excluding hydrogens is 243 g/mol. The van der Waals surface area contributed by atoms with Crippen molar-refractivity contribution in [3.05, 3.63) is 29.6 Å². The van der Waals surface area contributed by atoms with Crippen LogP contribution >= 0.6 is 0 Å². The Labute approximate surface area is 114 Å². The molecule has 1 aromatic carbocycles. The molecule has 0 aromatic heterocycles. The van der Waals surface area contributed by atoms with Gasteiger partial charge in [0.2, 0.25) is 0 Å². The van der Waals surface area contributed by atoms with Gasteiger partial charge in [-0.25, -0.2) is 4.39 Å². The molecule has 4 heteroatoms. The number of benzene rings is 1. The van der Waals surface area contributed by atoms with Crippen molar-refractivity contribution in [3.8, 4) is 0 Å². The number of hydrogen-bond donors (Lipinski definition) is 1. The summed E-state index contributed by atoms with van der Waals surface area (Å²) in [4.78, 5) is 2.27. The Morgan fingerprint density at radius 1 is 1.53 bits per heavy atom. The van der Waals surface area contributed by atoms with Crippen LogP contribution < -0.4 is 10.6 Å². The summed E-state index contributed by atoms with van der Waals surface area (Å²) in [5.41, 5.74) is 7.56. The van der Waals surface area contributed by atoms with Crippen molar-refractivity contribution in [3.63, 3.8) is 0 Å². The van der Waals surface area contributed by atoms with E-state index >= 15 is 0 Å². The van der Waals surface area contributed by atoms with E-state index in [2.05, 4.69) is 11.8 Å². The first kappa shape index (κ1) is 14.3. The predicted octanol–water partition coefficient (Wildman–Crippen LogP) is 2.33. The summed E-state index contributed by atoms with van der Waals surface area (Å²) in [6.45, 7) is 6.27. The molecule has 1 fully saturated rings. The molecule has 0 radical (unpaired) electrons. The highest BCUT2D eigenvalue weighted by molar-refractivity contribution is 5.55. The van der Waals surface area contributed by atoms with Crippen molar-refractivity contribution < 1.29 is 9.13 Å². The molecule has 3 nitrogen and oxygen atoms in total. The third-order valence-electron chi connectivity index (χ3n) is 3.63. The van der Waals surface area contributed by atoms with E-state index in [9.17, 15) is 4.39 Å². The molecule has 106 valence electrons. The maximum atomic E-state index is 14.1. The van der Waals surface area contributed by atoms with Crippen LogP contribution in [0.25, 0.3) is 0 Å². The zero-order valence-electron chi connectivity index (χ0n) is 11.7. The summed E-state index contributed by atoms with van der Waals surface area (Å²) in [5, 5.41) is 0. The normalized spacial score (nSPS) is 21.5. The number of rotatable bonds is 4. The summed E-state index contributed by atoms with van der Waals surface area (Å²) >= 11 is 0. The van der Waals surface area contributed by atoms with E-state index in [1.165, 1.54) is 6.07 Å². The number of nitrogens with two attached hydrogens (primary N) is 1. The van der Waals surface area contributed by atoms with E-state index in [0.717, 1.165) is 24.2 Å². The summed E-state index contributed by atoms with van der Waals surface area (Å²) in [6.07, 6.45) is 1.56. The lowest BCUT2D eigenvalue weighted by Crippen LogP contribution is -2.45. The highest BCUT2D eigenvalue weighted by atomic mass is 19.1. The van der Waals surface area contributed by atoms with Crippen LogP contribution in [0.15, 0.2) is 18.2 Å². The molecule has 0 bridgehead atoms. The van der Waals surface area contributed by atoms with Crippen LogP contribution in [0.1, 0.15) is 25.8 Å².